The zero-order valence-corrected chi connectivity index (χ0v) is 12.9. The normalized spacial score (nSPS) is 17.1. The van der Waals surface area contributed by atoms with E-state index in [0.717, 1.165) is 19.0 Å². The molecule has 3 unspecified atom stereocenters. The first-order valence-corrected chi connectivity index (χ1v) is 7.55. The maximum atomic E-state index is 3.79. The van der Waals surface area contributed by atoms with Crippen LogP contribution in [0.4, 0.5) is 0 Å². The van der Waals surface area contributed by atoms with Crippen molar-refractivity contribution in [2.75, 3.05) is 19.6 Å². The van der Waals surface area contributed by atoms with Crippen LogP contribution in [0.1, 0.15) is 60.8 Å². The Balaban J connectivity index is 4.00. The lowest BCUT2D eigenvalue weighted by Gasteiger charge is -2.28. The van der Waals surface area contributed by atoms with Gasteiger partial charge in [-0.1, -0.05) is 41.0 Å². The number of rotatable bonds is 10. The van der Waals surface area contributed by atoms with Gasteiger partial charge in [0, 0.05) is 18.6 Å². The summed E-state index contributed by atoms with van der Waals surface area (Å²) in [5.74, 6) is 0.841. The highest BCUT2D eigenvalue weighted by Gasteiger charge is 2.14. The highest BCUT2D eigenvalue weighted by Crippen LogP contribution is 2.12. The van der Waals surface area contributed by atoms with Crippen LogP contribution in [0, 0.1) is 5.92 Å². The van der Waals surface area contributed by atoms with Crippen molar-refractivity contribution < 1.29 is 0 Å². The van der Waals surface area contributed by atoms with Gasteiger partial charge in [-0.05, 0) is 38.8 Å². The number of nitrogens with zero attached hydrogens (tertiary/aromatic N) is 1. The highest BCUT2D eigenvalue weighted by atomic mass is 15.1. The first-order chi connectivity index (χ1) is 8.07. The molecule has 0 heterocycles. The summed E-state index contributed by atoms with van der Waals surface area (Å²) in [6.07, 6.45) is 3.85. The van der Waals surface area contributed by atoms with Gasteiger partial charge >= 0.3 is 0 Å². The Hall–Kier alpha value is -0.0800. The van der Waals surface area contributed by atoms with Crippen LogP contribution in [0.15, 0.2) is 0 Å². The molecule has 0 aromatic rings. The molecule has 0 radical (unpaired) electrons. The fraction of sp³-hybridized carbons (Fsp3) is 1.00. The Morgan fingerprint density at radius 3 is 1.94 bits per heavy atom. The Morgan fingerprint density at radius 1 is 0.941 bits per heavy atom. The van der Waals surface area contributed by atoms with E-state index in [1.165, 1.54) is 25.8 Å². The number of nitrogens with one attached hydrogen (secondary N) is 1. The summed E-state index contributed by atoms with van der Waals surface area (Å²) in [4.78, 5) is 2.49. The molecule has 1 N–H and O–H groups in total. The van der Waals surface area contributed by atoms with E-state index in [0.29, 0.717) is 12.1 Å². The van der Waals surface area contributed by atoms with E-state index >= 15 is 0 Å². The largest absolute Gasteiger partial charge is 0.310 e. The van der Waals surface area contributed by atoms with Crippen LogP contribution < -0.4 is 5.32 Å². The van der Waals surface area contributed by atoms with Crippen molar-refractivity contribution in [2.45, 2.75) is 72.9 Å². The van der Waals surface area contributed by atoms with Crippen molar-refractivity contribution in [3.8, 4) is 0 Å². The van der Waals surface area contributed by atoms with Crippen LogP contribution >= 0.6 is 0 Å². The van der Waals surface area contributed by atoms with Gasteiger partial charge in [0.1, 0.15) is 0 Å². The van der Waals surface area contributed by atoms with Crippen LogP contribution in [0.2, 0.25) is 0 Å². The second-order valence-electron chi connectivity index (χ2n) is 5.41. The van der Waals surface area contributed by atoms with E-state index in [2.05, 4.69) is 51.8 Å². The van der Waals surface area contributed by atoms with E-state index in [4.69, 9.17) is 0 Å². The van der Waals surface area contributed by atoms with E-state index in [9.17, 15) is 0 Å². The van der Waals surface area contributed by atoms with Gasteiger partial charge in [0.2, 0.25) is 0 Å². The fourth-order valence-electron chi connectivity index (χ4n) is 2.33. The van der Waals surface area contributed by atoms with Crippen LogP contribution in [0.5, 0.6) is 0 Å². The third kappa shape index (κ3) is 7.77. The Labute approximate surface area is 109 Å². The topological polar surface area (TPSA) is 15.3 Å². The van der Waals surface area contributed by atoms with Crippen LogP contribution in [0.25, 0.3) is 0 Å². The van der Waals surface area contributed by atoms with Crippen molar-refractivity contribution in [1.82, 2.24) is 10.2 Å². The maximum Gasteiger partial charge on any atom is 0.0169 e. The number of hydrogen-bond acceptors (Lipinski definition) is 2. The van der Waals surface area contributed by atoms with Gasteiger partial charge in [0.15, 0.2) is 0 Å². The molecule has 0 fully saturated rings. The third-order valence-electron chi connectivity index (χ3n) is 3.82. The molecular formula is C15H34N2. The van der Waals surface area contributed by atoms with Crippen LogP contribution in [-0.4, -0.2) is 36.6 Å². The smallest absolute Gasteiger partial charge is 0.0169 e. The van der Waals surface area contributed by atoms with E-state index in [1.54, 1.807) is 0 Å². The Bertz CT molecular complexity index is 166. The SMILES string of the molecule is CCC(C)CC(CC)NC(C)CN(CC)CC. The van der Waals surface area contributed by atoms with Crippen LogP contribution in [0.3, 0.4) is 0 Å². The molecule has 0 aromatic carbocycles. The van der Waals surface area contributed by atoms with Gasteiger partial charge in [-0.3, -0.25) is 0 Å². The van der Waals surface area contributed by atoms with Gasteiger partial charge in [0.25, 0.3) is 0 Å². The predicted molar refractivity (Wildman–Crippen MR) is 78.5 cm³/mol. The van der Waals surface area contributed by atoms with Crippen molar-refractivity contribution in [2.24, 2.45) is 5.92 Å². The second-order valence-corrected chi connectivity index (χ2v) is 5.41. The molecule has 0 aromatic heterocycles. The lowest BCUT2D eigenvalue weighted by Crippen LogP contribution is -2.44. The molecule has 0 saturated carbocycles. The van der Waals surface area contributed by atoms with Crippen LogP contribution in [-0.2, 0) is 0 Å². The summed E-state index contributed by atoms with van der Waals surface area (Å²) in [5, 5.41) is 3.79. The van der Waals surface area contributed by atoms with Gasteiger partial charge < -0.3 is 10.2 Å². The molecular weight excluding hydrogens is 208 g/mol. The summed E-state index contributed by atoms with van der Waals surface area (Å²) in [7, 11) is 0. The molecule has 2 heteroatoms. The van der Waals surface area contributed by atoms with Crippen molar-refractivity contribution >= 4 is 0 Å². The lowest BCUT2D eigenvalue weighted by atomic mass is 9.97. The molecule has 0 aliphatic rings. The maximum absolute atomic E-state index is 3.79. The predicted octanol–water partition coefficient (Wildman–Crippen LogP) is 3.52. The monoisotopic (exact) mass is 242 g/mol. The van der Waals surface area contributed by atoms with E-state index in [-0.39, 0.29) is 0 Å². The van der Waals surface area contributed by atoms with Gasteiger partial charge in [-0.25, -0.2) is 0 Å². The first kappa shape index (κ1) is 16.9. The molecule has 0 bridgehead atoms. The third-order valence-corrected chi connectivity index (χ3v) is 3.82. The molecule has 17 heavy (non-hydrogen) atoms. The van der Waals surface area contributed by atoms with E-state index in [1.807, 2.05) is 0 Å². The average Bonchev–Trinajstić information content (AvgIpc) is 2.34. The molecule has 3 atom stereocenters. The van der Waals surface area contributed by atoms with Crippen molar-refractivity contribution in [3.05, 3.63) is 0 Å². The lowest BCUT2D eigenvalue weighted by molar-refractivity contribution is 0.251. The molecule has 2 nitrogen and oxygen atoms in total. The summed E-state index contributed by atoms with van der Waals surface area (Å²) in [6.45, 7) is 17.2. The number of likely N-dealkylation sites (N-methyl/N-ethyl adjacent to an activating group) is 1. The van der Waals surface area contributed by atoms with Crippen molar-refractivity contribution in [3.63, 3.8) is 0 Å². The molecule has 0 rings (SSSR count). The number of hydrogen-bond donors (Lipinski definition) is 1. The molecule has 0 spiro atoms. The molecule has 0 saturated heterocycles. The Kier molecular flexibility index (Phi) is 9.85. The minimum absolute atomic E-state index is 0.601. The van der Waals surface area contributed by atoms with Gasteiger partial charge in [0.05, 0.1) is 0 Å². The average molecular weight is 242 g/mol. The summed E-state index contributed by atoms with van der Waals surface area (Å²) < 4.78 is 0. The quantitative estimate of drug-likeness (QED) is 0.630. The molecule has 104 valence electrons. The zero-order valence-electron chi connectivity index (χ0n) is 12.9. The Morgan fingerprint density at radius 2 is 1.53 bits per heavy atom. The molecule has 0 aliphatic heterocycles. The summed E-state index contributed by atoms with van der Waals surface area (Å²) >= 11 is 0. The minimum atomic E-state index is 0.601. The molecule has 0 amide bonds. The van der Waals surface area contributed by atoms with E-state index < -0.39 is 0 Å². The first-order valence-electron chi connectivity index (χ1n) is 7.55. The standard InChI is InChI=1S/C15H34N2/c1-7-13(5)11-15(8-2)16-14(6)12-17(9-3)10-4/h13-16H,7-12H2,1-6H3. The van der Waals surface area contributed by atoms with Gasteiger partial charge in [-0.2, -0.15) is 0 Å². The molecule has 0 aliphatic carbocycles. The second kappa shape index (κ2) is 9.90. The zero-order chi connectivity index (χ0) is 13.3. The minimum Gasteiger partial charge on any atom is -0.310 e. The summed E-state index contributed by atoms with van der Waals surface area (Å²) in [6, 6.07) is 1.29. The fourth-order valence-corrected chi connectivity index (χ4v) is 2.33. The summed E-state index contributed by atoms with van der Waals surface area (Å²) in [5.41, 5.74) is 0. The van der Waals surface area contributed by atoms with Gasteiger partial charge in [-0.15, -0.1) is 0 Å². The van der Waals surface area contributed by atoms with Crippen molar-refractivity contribution in [1.29, 1.82) is 0 Å². The highest BCUT2D eigenvalue weighted by molar-refractivity contribution is 4.74.